The fourth-order valence-electron chi connectivity index (χ4n) is 1.11. The fourth-order valence-corrected chi connectivity index (χ4v) is 1.26. The summed E-state index contributed by atoms with van der Waals surface area (Å²) in [5, 5.41) is 10.7. The minimum absolute atomic E-state index is 0.0507. The normalized spacial score (nSPS) is 9.27. The number of hydrogen-bond acceptors (Lipinski definition) is 2. The van der Waals surface area contributed by atoms with Gasteiger partial charge in [-0.2, -0.15) is 0 Å². The molecule has 1 N–H and O–H groups in total. The number of pyridine rings is 1. The number of phenols is 1. The molecule has 0 aliphatic heterocycles. The number of benzene rings is 1. The Morgan fingerprint density at radius 3 is 2.60 bits per heavy atom. The summed E-state index contributed by atoms with van der Waals surface area (Å²) in [6.45, 7) is 0. The molecule has 1 aromatic carbocycles. The van der Waals surface area contributed by atoms with Crippen LogP contribution in [0.2, 0.25) is 5.02 Å². The average molecular weight is 431 g/mol. The second kappa shape index (κ2) is 7.00. The van der Waals surface area contributed by atoms with E-state index in [1.807, 2.05) is 18.2 Å². The number of nitrogens with zero attached hydrogens (tertiary/aromatic N) is 1. The van der Waals surface area contributed by atoms with Gasteiger partial charge in [-0.25, -0.2) is 0 Å². The summed E-state index contributed by atoms with van der Waals surface area (Å²) in [6.07, 6.45) is 1.62. The zero-order valence-electron chi connectivity index (χ0n) is 7.42. The van der Waals surface area contributed by atoms with Crippen LogP contribution in [0, 0.1) is 0 Å². The molecule has 0 amide bonds. The van der Waals surface area contributed by atoms with Crippen molar-refractivity contribution in [3.05, 3.63) is 35.5 Å². The summed E-state index contributed by atoms with van der Waals surface area (Å²) >= 11 is 12.0. The zero-order valence-corrected chi connectivity index (χ0v) is 13.8. The van der Waals surface area contributed by atoms with Crippen molar-refractivity contribution in [3.63, 3.8) is 0 Å². The number of aromatic nitrogens is 1. The van der Waals surface area contributed by atoms with Gasteiger partial charge in [-0.1, -0.05) is 23.7 Å². The van der Waals surface area contributed by atoms with Crippen molar-refractivity contribution < 1.29 is 23.6 Å². The molecule has 2 rings (SSSR count). The van der Waals surface area contributed by atoms with Gasteiger partial charge in [0.15, 0.2) is 5.75 Å². The first-order valence-corrected chi connectivity index (χ1v) is 15.5. The van der Waals surface area contributed by atoms with Crippen molar-refractivity contribution in [2.75, 3.05) is 0 Å². The van der Waals surface area contributed by atoms with Crippen molar-refractivity contribution >= 4 is 46.9 Å². The molecule has 0 aliphatic rings. The van der Waals surface area contributed by atoms with Crippen LogP contribution in [-0.4, -0.2) is 10.1 Å². The van der Waals surface area contributed by atoms with E-state index in [0.717, 1.165) is 5.39 Å². The van der Waals surface area contributed by atoms with Crippen LogP contribution in [0.15, 0.2) is 30.5 Å². The molecule has 1 heterocycles. The quantitative estimate of drug-likeness (QED) is 0.677. The third-order valence-corrected chi connectivity index (χ3v) is 2.00. The number of fused-ring (bicyclic) bond motifs is 1. The van der Waals surface area contributed by atoms with Crippen LogP contribution < -0.4 is 0 Å². The molecule has 1 aromatic heterocycles. The van der Waals surface area contributed by atoms with Gasteiger partial charge in [0.1, 0.15) is 5.52 Å². The summed E-state index contributed by atoms with van der Waals surface area (Å²) in [5.41, 5.74) is 0.546. The number of rotatable bonds is 0. The van der Waals surface area contributed by atoms with Crippen LogP contribution in [0.25, 0.3) is 10.9 Å². The molecular weight excluding hydrogens is 425 g/mol. The Labute approximate surface area is 116 Å². The van der Waals surface area contributed by atoms with E-state index in [1.165, 1.54) is 0 Å². The van der Waals surface area contributed by atoms with Gasteiger partial charge in [0.25, 0.3) is 0 Å². The summed E-state index contributed by atoms with van der Waals surface area (Å²) in [6, 6.07) is 7.17. The monoisotopic (exact) mass is 427 g/mol. The first-order valence-electron chi connectivity index (χ1n) is 3.89. The van der Waals surface area contributed by atoms with E-state index in [0.29, 0.717) is 10.5 Å². The van der Waals surface area contributed by atoms with Gasteiger partial charge in [-0.05, 0) is 12.1 Å². The van der Waals surface area contributed by atoms with Crippen molar-refractivity contribution in [2.45, 2.75) is 0 Å². The van der Waals surface area contributed by atoms with E-state index < -0.39 is 0 Å². The van der Waals surface area contributed by atoms with Crippen molar-refractivity contribution in [3.8, 4) is 5.75 Å². The molecule has 0 bridgehead atoms. The van der Waals surface area contributed by atoms with Crippen LogP contribution >= 0.6 is 36.0 Å². The van der Waals surface area contributed by atoms with Crippen LogP contribution in [0.1, 0.15) is 0 Å². The minimum atomic E-state index is -0.145. The summed E-state index contributed by atoms with van der Waals surface area (Å²) in [7, 11) is 0. The molecule has 15 heavy (non-hydrogen) atoms. The molecule has 2 nitrogen and oxygen atoms in total. The van der Waals surface area contributed by atoms with Crippen LogP contribution in [0.3, 0.4) is 0 Å². The van der Waals surface area contributed by atoms with E-state index in [1.54, 1.807) is 12.3 Å². The standard InChI is InChI=1S/C9H6ClNO.2BrH.Zr/c10-7-4-3-6-2-1-5-11-8(6)9(7)12;;;/h1-5,12H;2*1H;/q;;;+2/p-2. The predicted molar refractivity (Wildman–Crippen MR) is 66.3 cm³/mol. The van der Waals surface area contributed by atoms with E-state index in [9.17, 15) is 5.11 Å². The molecule has 0 saturated carbocycles. The Morgan fingerprint density at radius 1 is 1.27 bits per heavy atom. The zero-order chi connectivity index (χ0) is 11.3. The SMILES string of the molecule is Oc1c(Cl)ccc2cccnc12.[Br][Zr][Br]. The molecule has 0 radical (unpaired) electrons. The molecule has 0 spiro atoms. The van der Waals surface area contributed by atoms with E-state index in [2.05, 4.69) is 29.4 Å². The molecule has 6 heteroatoms. The van der Waals surface area contributed by atoms with Crippen LogP contribution in [0.4, 0.5) is 0 Å². The maximum atomic E-state index is 9.46. The Bertz CT molecular complexity index is 455. The molecule has 0 atom stereocenters. The number of aromatic hydroxyl groups is 1. The average Bonchev–Trinajstić information content (AvgIpc) is 2.25. The van der Waals surface area contributed by atoms with Gasteiger partial charge < -0.3 is 5.11 Å². The van der Waals surface area contributed by atoms with E-state index in [-0.39, 0.29) is 24.3 Å². The second-order valence-corrected chi connectivity index (χ2v) is 14.3. The molecule has 0 aliphatic carbocycles. The Balaban J connectivity index is 0.000000337. The van der Waals surface area contributed by atoms with Crippen LogP contribution in [0.5, 0.6) is 5.75 Å². The number of halogens is 3. The van der Waals surface area contributed by atoms with Crippen LogP contribution in [-0.2, 0) is 18.5 Å². The maximum absolute atomic E-state index is 9.46. The Hall–Kier alpha value is 0.563. The van der Waals surface area contributed by atoms with Gasteiger partial charge in [-0.3, -0.25) is 4.98 Å². The predicted octanol–water partition coefficient (Wildman–Crippen LogP) is 4.28. The van der Waals surface area contributed by atoms with Gasteiger partial charge in [0.05, 0.1) is 5.02 Å². The van der Waals surface area contributed by atoms with Crippen molar-refractivity contribution in [1.82, 2.24) is 4.98 Å². The van der Waals surface area contributed by atoms with E-state index in [4.69, 9.17) is 11.6 Å². The fraction of sp³-hybridized carbons (Fsp3) is 0. The van der Waals surface area contributed by atoms with Gasteiger partial charge in [-0.15, -0.1) is 0 Å². The first-order chi connectivity index (χ1) is 7.20. The number of hydrogen-bond donors (Lipinski definition) is 1. The summed E-state index contributed by atoms with van der Waals surface area (Å²) in [5.74, 6) is 0.0507. The van der Waals surface area contributed by atoms with Crippen molar-refractivity contribution in [2.24, 2.45) is 0 Å². The summed E-state index contributed by atoms with van der Waals surface area (Å²) < 4.78 is 0. The molecule has 0 saturated heterocycles. The third-order valence-electron chi connectivity index (χ3n) is 1.70. The van der Waals surface area contributed by atoms with Gasteiger partial charge in [0.2, 0.25) is 0 Å². The molecule has 0 fully saturated rings. The van der Waals surface area contributed by atoms with Gasteiger partial charge >= 0.3 is 43.0 Å². The Kier molecular flexibility index (Phi) is 6.36. The Morgan fingerprint density at radius 2 is 1.93 bits per heavy atom. The topological polar surface area (TPSA) is 33.1 Å². The van der Waals surface area contributed by atoms with E-state index >= 15 is 0 Å². The molecule has 78 valence electrons. The molecule has 2 aromatic rings. The van der Waals surface area contributed by atoms with Crippen molar-refractivity contribution in [1.29, 1.82) is 0 Å². The second-order valence-electron chi connectivity index (χ2n) is 2.54. The van der Waals surface area contributed by atoms with Gasteiger partial charge in [0, 0.05) is 11.6 Å². The number of phenolic OH excluding ortho intramolecular Hbond substituents is 1. The first kappa shape index (κ1) is 13.6. The summed E-state index contributed by atoms with van der Waals surface area (Å²) in [4.78, 5) is 4.01. The third kappa shape index (κ3) is 3.81. The molecular formula is C9H6Br2ClNOZr. The molecule has 0 unspecified atom stereocenters.